The van der Waals surface area contributed by atoms with E-state index in [2.05, 4.69) is 44.2 Å². The van der Waals surface area contributed by atoms with Crippen LogP contribution in [-0.2, 0) is 34.1 Å². The fraction of sp³-hybridized carbons (Fsp3) is 0.237. The summed E-state index contributed by atoms with van der Waals surface area (Å²) >= 11 is 1.37. The average molecular weight is 761 g/mol. The van der Waals surface area contributed by atoms with Crippen molar-refractivity contribution >= 4 is 46.6 Å². The van der Waals surface area contributed by atoms with Crippen LogP contribution in [0.25, 0.3) is 21.5 Å². The van der Waals surface area contributed by atoms with E-state index in [0.29, 0.717) is 23.1 Å². The normalized spacial score (nSPS) is 12.4. The number of nitrogens with zero attached hydrogens (tertiary/aromatic N) is 3. The Morgan fingerprint density at radius 3 is 2.42 bits per heavy atom. The van der Waals surface area contributed by atoms with Gasteiger partial charge in [-0.25, -0.2) is 26.2 Å². The van der Waals surface area contributed by atoms with Crippen LogP contribution >= 0.6 is 11.3 Å². The lowest BCUT2D eigenvalue weighted by Gasteiger charge is -2.36. The molecule has 0 fully saturated rings. The predicted molar refractivity (Wildman–Crippen MR) is 201 cm³/mol. The van der Waals surface area contributed by atoms with Crippen LogP contribution in [0.5, 0.6) is 0 Å². The minimum Gasteiger partial charge on any atom is -0.413 e. The van der Waals surface area contributed by atoms with Crippen LogP contribution in [0.4, 0.5) is 8.78 Å². The summed E-state index contributed by atoms with van der Waals surface area (Å²) in [5.41, 5.74) is 1.44. The van der Waals surface area contributed by atoms with Crippen LogP contribution in [0.2, 0.25) is 18.1 Å². The van der Waals surface area contributed by atoms with Crippen molar-refractivity contribution in [1.82, 2.24) is 18.8 Å². The summed E-state index contributed by atoms with van der Waals surface area (Å²) in [6.45, 7) is 11.2. The van der Waals surface area contributed by atoms with Crippen molar-refractivity contribution in [2.45, 2.75) is 63.5 Å². The van der Waals surface area contributed by atoms with Crippen molar-refractivity contribution in [3.63, 3.8) is 0 Å². The highest BCUT2D eigenvalue weighted by Gasteiger charge is 2.37. The van der Waals surface area contributed by atoms with Gasteiger partial charge in [0.05, 0.1) is 24.6 Å². The quantitative estimate of drug-likeness (QED) is 0.134. The fourth-order valence-corrected chi connectivity index (χ4v) is 8.59. The van der Waals surface area contributed by atoms with E-state index in [4.69, 9.17) is 4.43 Å². The topological polar surface area (TPSA) is 112 Å². The van der Waals surface area contributed by atoms with Gasteiger partial charge >= 0.3 is 0 Å². The molecular formula is C38H38F2N4O5S2Si. The number of nitrogens with one attached hydrogen (secondary N) is 1. The van der Waals surface area contributed by atoms with Gasteiger partial charge in [0.15, 0.2) is 25.6 Å². The summed E-state index contributed by atoms with van der Waals surface area (Å²) in [4.78, 5) is 32.6. The zero-order valence-corrected chi connectivity index (χ0v) is 31.9. The molecule has 6 rings (SSSR count). The van der Waals surface area contributed by atoms with Crippen LogP contribution in [0.3, 0.4) is 0 Å². The van der Waals surface area contributed by atoms with E-state index >= 15 is 0 Å². The maximum atomic E-state index is 13.8. The molecule has 0 saturated carbocycles. The second-order valence-electron chi connectivity index (χ2n) is 14.0. The summed E-state index contributed by atoms with van der Waals surface area (Å²) in [6.07, 6.45) is 4.70. The number of hydrogen-bond donors (Lipinski definition) is 1. The monoisotopic (exact) mass is 760 g/mol. The fourth-order valence-electron chi connectivity index (χ4n) is 5.32. The van der Waals surface area contributed by atoms with Crippen LogP contribution < -0.4 is 10.9 Å². The predicted octanol–water partition coefficient (Wildman–Crippen LogP) is 7.94. The second kappa shape index (κ2) is 14.3. The third-order valence-corrected chi connectivity index (χ3v) is 16.6. The minimum atomic E-state index is -3.99. The molecular weight excluding hydrogens is 723 g/mol. The maximum absolute atomic E-state index is 13.8. The van der Waals surface area contributed by atoms with Gasteiger partial charge in [-0.2, -0.15) is 0 Å². The number of thiophene rings is 1. The Morgan fingerprint density at radius 2 is 1.71 bits per heavy atom. The summed E-state index contributed by atoms with van der Waals surface area (Å²) in [5, 5.41) is 3.44. The van der Waals surface area contributed by atoms with Gasteiger partial charge in [-0.3, -0.25) is 9.59 Å². The van der Waals surface area contributed by atoms with Gasteiger partial charge in [0.1, 0.15) is 5.56 Å². The van der Waals surface area contributed by atoms with Gasteiger partial charge in [0.2, 0.25) is 0 Å². The van der Waals surface area contributed by atoms with Crippen LogP contribution in [0.15, 0.2) is 107 Å². The number of halogens is 2. The third-order valence-electron chi connectivity index (χ3n) is 9.33. The standard InChI is InChI=1S/C38H38F2N4O5S2Si/c1-38(2,3)52(4,5)49-24-26-18-30-31(23-44(35(30)41-20-26)51(47,48)28-10-7-6-8-11-28)34-16-14-27(50-34)21-42-36(45)29-12-9-17-43(37(29)46)22-25-13-15-32(39)33(40)19-25/h6-20,23H,21-22,24H2,1-5H3,(H,42,45). The zero-order valence-electron chi connectivity index (χ0n) is 29.3. The van der Waals surface area contributed by atoms with Crippen LogP contribution in [0, 0.1) is 11.6 Å². The molecule has 52 heavy (non-hydrogen) atoms. The number of pyridine rings is 2. The Balaban J connectivity index is 1.27. The number of benzene rings is 2. The lowest BCUT2D eigenvalue weighted by atomic mass is 10.1. The molecule has 0 atom stereocenters. The Bertz CT molecular complexity index is 2450. The summed E-state index contributed by atoms with van der Waals surface area (Å²) in [7, 11) is -6.07. The van der Waals surface area contributed by atoms with E-state index in [1.807, 2.05) is 18.2 Å². The van der Waals surface area contributed by atoms with Crippen molar-refractivity contribution in [3.8, 4) is 10.4 Å². The van der Waals surface area contributed by atoms with Crippen molar-refractivity contribution in [2.75, 3.05) is 0 Å². The molecule has 270 valence electrons. The molecule has 0 bridgehead atoms. The molecule has 14 heteroatoms. The van der Waals surface area contributed by atoms with Gasteiger partial charge < -0.3 is 14.3 Å². The molecule has 0 unspecified atom stereocenters. The second-order valence-corrected chi connectivity index (χ2v) is 21.8. The smallest absolute Gasteiger partial charge is 0.269 e. The number of rotatable bonds is 11. The maximum Gasteiger partial charge on any atom is 0.269 e. The first-order valence-corrected chi connectivity index (χ1v) is 21.7. The van der Waals surface area contributed by atoms with E-state index in [9.17, 15) is 26.8 Å². The molecule has 1 N–H and O–H groups in total. The van der Waals surface area contributed by atoms with Gasteiger partial charge in [-0.15, -0.1) is 11.3 Å². The molecule has 0 aliphatic heterocycles. The Morgan fingerprint density at radius 1 is 0.962 bits per heavy atom. The van der Waals surface area contributed by atoms with Gasteiger partial charge in [-0.1, -0.05) is 45.0 Å². The molecule has 0 saturated heterocycles. The lowest BCUT2D eigenvalue weighted by molar-refractivity contribution is 0.0949. The number of hydrogen-bond acceptors (Lipinski definition) is 7. The van der Waals surface area contributed by atoms with E-state index in [1.54, 1.807) is 36.7 Å². The highest BCUT2D eigenvalue weighted by atomic mass is 32.2. The third kappa shape index (κ3) is 7.56. The average Bonchev–Trinajstić information content (AvgIpc) is 3.74. The number of carbonyl (C=O) groups excluding carboxylic acids is 1. The SMILES string of the molecule is CC(C)(C)[Si](C)(C)OCc1cnc2c(c1)c(-c1ccc(CNC(=O)c3cccn(Cc4ccc(F)c(F)c4)c3=O)s1)cn2S(=O)(=O)c1ccccc1. The van der Waals surface area contributed by atoms with Gasteiger partial charge in [0.25, 0.3) is 21.5 Å². The van der Waals surface area contributed by atoms with E-state index in [1.165, 1.54) is 50.3 Å². The molecule has 0 radical (unpaired) electrons. The van der Waals surface area contributed by atoms with Gasteiger partial charge in [0, 0.05) is 39.3 Å². The van der Waals surface area contributed by atoms with E-state index in [0.717, 1.165) is 27.5 Å². The molecule has 0 aliphatic rings. The Labute approximate surface area is 305 Å². The summed E-state index contributed by atoms with van der Waals surface area (Å²) < 4.78 is 63.7. The highest BCUT2D eigenvalue weighted by Crippen LogP contribution is 2.39. The van der Waals surface area contributed by atoms with E-state index in [-0.39, 0.29) is 34.2 Å². The largest absolute Gasteiger partial charge is 0.413 e. The minimum absolute atomic E-state index is 0.00710. The first-order chi connectivity index (χ1) is 24.5. The van der Waals surface area contributed by atoms with Gasteiger partial charge in [-0.05, 0) is 83.9 Å². The number of fused-ring (bicyclic) bond motifs is 1. The van der Waals surface area contributed by atoms with Crippen molar-refractivity contribution in [1.29, 1.82) is 0 Å². The van der Waals surface area contributed by atoms with Crippen LogP contribution in [0.1, 0.15) is 47.1 Å². The molecule has 4 aromatic heterocycles. The number of amides is 1. The number of aromatic nitrogens is 3. The van der Waals surface area contributed by atoms with Crippen molar-refractivity contribution < 1.29 is 26.4 Å². The molecule has 0 spiro atoms. The highest BCUT2D eigenvalue weighted by molar-refractivity contribution is 7.90. The molecule has 2 aromatic carbocycles. The van der Waals surface area contributed by atoms with Crippen LogP contribution in [-0.4, -0.2) is 36.2 Å². The molecule has 6 aromatic rings. The number of carbonyl (C=O) groups is 1. The molecule has 1 amide bonds. The Hall–Kier alpha value is -4.76. The lowest BCUT2D eigenvalue weighted by Crippen LogP contribution is -2.40. The Kier molecular flexibility index (Phi) is 10.2. The molecule has 4 heterocycles. The first kappa shape index (κ1) is 37.0. The first-order valence-electron chi connectivity index (χ1n) is 16.5. The van der Waals surface area contributed by atoms with Crippen molar-refractivity contribution in [2.24, 2.45) is 0 Å². The molecule has 9 nitrogen and oxygen atoms in total. The van der Waals surface area contributed by atoms with E-state index < -0.39 is 41.4 Å². The summed E-state index contributed by atoms with van der Waals surface area (Å²) in [5.74, 6) is -2.61. The summed E-state index contributed by atoms with van der Waals surface area (Å²) in [6, 6.07) is 20.1. The molecule has 0 aliphatic carbocycles. The zero-order chi connectivity index (χ0) is 37.4. The van der Waals surface area contributed by atoms with Crippen molar-refractivity contribution in [3.05, 3.63) is 141 Å².